The number of rotatable bonds is 12. The van der Waals surface area contributed by atoms with Crippen LogP contribution >= 0.6 is 0 Å². The van der Waals surface area contributed by atoms with Crippen molar-refractivity contribution in [2.75, 3.05) is 6.61 Å². The van der Waals surface area contributed by atoms with Crippen molar-refractivity contribution in [1.82, 2.24) is 14.3 Å². The van der Waals surface area contributed by atoms with Crippen LogP contribution in [0.2, 0.25) is 25.7 Å². The molecule has 1 aromatic carbocycles. The maximum Gasteiger partial charge on any atom is 0.249 e. The van der Waals surface area contributed by atoms with E-state index in [1.807, 2.05) is 20.8 Å². The molecule has 224 valence electrons. The van der Waals surface area contributed by atoms with Crippen LogP contribution in [0, 0.1) is 17.3 Å². The van der Waals surface area contributed by atoms with Crippen LogP contribution in [0.1, 0.15) is 89.2 Å². The van der Waals surface area contributed by atoms with Gasteiger partial charge in [0.05, 0.1) is 11.0 Å². The van der Waals surface area contributed by atoms with Crippen LogP contribution in [-0.4, -0.2) is 39.5 Å². The molecule has 6 nitrogen and oxygen atoms in total. The summed E-state index contributed by atoms with van der Waals surface area (Å²) in [4.78, 5) is 5.12. The highest BCUT2D eigenvalue weighted by Crippen LogP contribution is 2.65. The van der Waals surface area contributed by atoms with Crippen molar-refractivity contribution in [2.45, 2.75) is 121 Å². The molecule has 3 saturated carbocycles. The summed E-state index contributed by atoms with van der Waals surface area (Å²) in [7, 11) is -1.25. The highest BCUT2D eigenvalue weighted by molar-refractivity contribution is 7.90. The minimum Gasteiger partial charge on any atom is -0.598 e. The summed E-state index contributed by atoms with van der Waals surface area (Å²) in [6.07, 6.45) is 4.67. The molecule has 0 radical (unpaired) electrons. The third-order valence-corrected chi connectivity index (χ3v) is 12.2. The Morgan fingerprint density at radius 1 is 1.23 bits per heavy atom. The molecule has 0 amide bonds. The van der Waals surface area contributed by atoms with Gasteiger partial charge in [0, 0.05) is 44.9 Å². The maximum atomic E-state index is 13.7. The number of ether oxygens (including phenoxy) is 1. The molecule has 1 spiro atoms. The van der Waals surface area contributed by atoms with Crippen LogP contribution < -0.4 is 10.5 Å². The number of fused-ring (bicyclic) bond motifs is 1. The SMILES string of the molecule is CC(C)(C)[S+]([O-])N[C@@H](CC1CC2(C1)CC(F)(F)C2)c1nc2cc([C@H](N)C3CC3)ccc2n1COCC[Si](C)(C)C. The molecule has 0 saturated heterocycles. The number of hydrogen-bond acceptors (Lipinski definition) is 5. The largest absolute Gasteiger partial charge is 0.598 e. The second kappa shape index (κ2) is 10.9. The standard InChI is InChI=1S/C30H48F2N4O2SSi/c1-28(2,3)39(37)35-24(13-20-15-29(16-20)17-30(31,32)18-29)27-34-23-14-22(26(33)21-7-8-21)9-10-25(23)36(27)19-38-11-12-40(4,5)6/h9-10,14,20-21,24,26,35H,7-8,11-13,15-19,33H2,1-6H3/t24-,26+,39?/m0/s1. The molecule has 10 heteroatoms. The van der Waals surface area contributed by atoms with Crippen LogP contribution in [0.25, 0.3) is 11.0 Å². The zero-order valence-electron chi connectivity index (χ0n) is 25.1. The van der Waals surface area contributed by atoms with E-state index in [9.17, 15) is 13.3 Å². The Kier molecular flexibility index (Phi) is 8.29. The number of alkyl halides is 2. The molecule has 3 N–H and O–H groups in total. The molecule has 1 aromatic heterocycles. The lowest BCUT2D eigenvalue weighted by Gasteiger charge is -2.57. The van der Waals surface area contributed by atoms with E-state index in [1.54, 1.807) is 0 Å². The Labute approximate surface area is 242 Å². The maximum absolute atomic E-state index is 13.7. The monoisotopic (exact) mass is 594 g/mol. The first-order valence-corrected chi connectivity index (χ1v) is 19.8. The molecule has 40 heavy (non-hydrogen) atoms. The molecular formula is C30H48F2N4O2SSi. The van der Waals surface area contributed by atoms with E-state index in [4.69, 9.17) is 15.5 Å². The average molecular weight is 595 g/mol. The van der Waals surface area contributed by atoms with Crippen molar-refractivity contribution in [3.8, 4) is 0 Å². The molecular weight excluding hydrogens is 547 g/mol. The van der Waals surface area contributed by atoms with Crippen molar-refractivity contribution >= 4 is 30.5 Å². The van der Waals surface area contributed by atoms with Gasteiger partial charge in [-0.3, -0.25) is 0 Å². The minimum absolute atomic E-state index is 0.00991. The summed E-state index contributed by atoms with van der Waals surface area (Å²) in [5.41, 5.74) is 9.29. The van der Waals surface area contributed by atoms with Gasteiger partial charge in [0.1, 0.15) is 23.3 Å². The molecule has 0 bridgehead atoms. The van der Waals surface area contributed by atoms with Crippen molar-refractivity contribution in [1.29, 1.82) is 0 Å². The van der Waals surface area contributed by atoms with Gasteiger partial charge in [0.25, 0.3) is 0 Å². The zero-order chi connectivity index (χ0) is 29.1. The number of benzene rings is 1. The Hall–Kier alpha value is -1.04. The first-order valence-electron chi connectivity index (χ1n) is 14.9. The fourth-order valence-corrected chi connectivity index (χ4v) is 8.12. The predicted molar refractivity (Wildman–Crippen MR) is 161 cm³/mol. The van der Waals surface area contributed by atoms with Gasteiger partial charge in [-0.15, -0.1) is 4.72 Å². The molecule has 2 aromatic rings. The van der Waals surface area contributed by atoms with Gasteiger partial charge in [0.15, 0.2) is 0 Å². The molecule has 5 rings (SSSR count). The first kappa shape index (κ1) is 30.4. The number of nitrogens with one attached hydrogen (secondary N) is 1. The summed E-state index contributed by atoms with van der Waals surface area (Å²) in [5, 5.41) is 0. The van der Waals surface area contributed by atoms with Gasteiger partial charge in [-0.05, 0) is 93.9 Å². The average Bonchev–Trinajstić information content (AvgIpc) is 3.58. The lowest BCUT2D eigenvalue weighted by Crippen LogP contribution is -2.54. The quantitative estimate of drug-likeness (QED) is 0.156. The van der Waals surface area contributed by atoms with E-state index in [-0.39, 0.29) is 30.3 Å². The van der Waals surface area contributed by atoms with Crippen molar-refractivity contribution < 1.29 is 18.1 Å². The van der Waals surface area contributed by atoms with Gasteiger partial charge in [-0.1, -0.05) is 25.7 Å². The number of imidazole rings is 1. The van der Waals surface area contributed by atoms with Crippen LogP contribution in [-0.2, 0) is 22.8 Å². The molecule has 3 fully saturated rings. The van der Waals surface area contributed by atoms with Crippen LogP contribution in [0.4, 0.5) is 8.78 Å². The van der Waals surface area contributed by atoms with Crippen LogP contribution in [0.3, 0.4) is 0 Å². The van der Waals surface area contributed by atoms with E-state index >= 15 is 0 Å². The smallest absolute Gasteiger partial charge is 0.249 e. The third kappa shape index (κ3) is 6.94. The topological polar surface area (TPSA) is 88.2 Å². The van der Waals surface area contributed by atoms with E-state index in [0.29, 0.717) is 31.6 Å². The van der Waals surface area contributed by atoms with Gasteiger partial charge in [-0.2, -0.15) is 0 Å². The van der Waals surface area contributed by atoms with Gasteiger partial charge >= 0.3 is 0 Å². The molecule has 3 aliphatic carbocycles. The predicted octanol–water partition coefficient (Wildman–Crippen LogP) is 7.07. The summed E-state index contributed by atoms with van der Waals surface area (Å²) >= 11 is -1.32. The summed E-state index contributed by atoms with van der Waals surface area (Å²) < 4.78 is 52.0. The van der Waals surface area contributed by atoms with Gasteiger partial charge < -0.3 is 19.6 Å². The number of hydrogen-bond donors (Lipinski definition) is 2. The van der Waals surface area contributed by atoms with Crippen molar-refractivity contribution in [2.24, 2.45) is 23.0 Å². The Balaban J connectivity index is 1.43. The number of halogens is 2. The third-order valence-electron chi connectivity index (χ3n) is 8.93. The van der Waals surface area contributed by atoms with Crippen LogP contribution in [0.5, 0.6) is 0 Å². The van der Waals surface area contributed by atoms with E-state index in [2.05, 4.69) is 47.1 Å². The van der Waals surface area contributed by atoms with E-state index < -0.39 is 30.1 Å². The first-order chi connectivity index (χ1) is 18.5. The second-order valence-corrected chi connectivity index (χ2v) is 22.7. The molecule has 3 aliphatic rings. The van der Waals surface area contributed by atoms with Gasteiger partial charge in [0.2, 0.25) is 5.92 Å². The summed E-state index contributed by atoms with van der Waals surface area (Å²) in [6, 6.07) is 7.11. The van der Waals surface area contributed by atoms with Crippen LogP contribution in [0.15, 0.2) is 18.2 Å². The molecule has 1 unspecified atom stereocenters. The normalized spacial score (nSPS) is 23.1. The number of nitrogens with two attached hydrogens (primary N) is 1. The minimum atomic E-state index is -2.50. The highest BCUT2D eigenvalue weighted by Gasteiger charge is 2.61. The highest BCUT2D eigenvalue weighted by atomic mass is 32.2. The Morgan fingerprint density at radius 3 is 2.48 bits per heavy atom. The number of nitrogens with zero attached hydrogens (tertiary/aromatic N) is 2. The number of aromatic nitrogens is 2. The Bertz CT molecular complexity index is 1190. The molecule has 3 atom stereocenters. The second-order valence-electron chi connectivity index (χ2n) is 15.1. The lowest BCUT2D eigenvalue weighted by atomic mass is 9.49. The van der Waals surface area contributed by atoms with Crippen molar-refractivity contribution in [3.05, 3.63) is 29.6 Å². The molecule has 1 heterocycles. The lowest BCUT2D eigenvalue weighted by molar-refractivity contribution is -0.207. The van der Waals surface area contributed by atoms with E-state index in [0.717, 1.165) is 41.3 Å². The summed E-state index contributed by atoms with van der Waals surface area (Å²) in [6.45, 7) is 13.9. The van der Waals surface area contributed by atoms with Crippen molar-refractivity contribution in [3.63, 3.8) is 0 Å². The Morgan fingerprint density at radius 2 is 1.90 bits per heavy atom. The van der Waals surface area contributed by atoms with Gasteiger partial charge in [-0.25, -0.2) is 13.8 Å². The molecule has 0 aliphatic heterocycles. The zero-order valence-corrected chi connectivity index (χ0v) is 26.9. The van der Waals surface area contributed by atoms with E-state index in [1.165, 1.54) is 12.8 Å². The fourth-order valence-electron chi connectivity index (χ4n) is 6.55. The fraction of sp³-hybridized carbons (Fsp3) is 0.767. The summed E-state index contributed by atoms with van der Waals surface area (Å²) in [5.74, 6) is -0.864.